The monoisotopic (exact) mass is 295 g/mol. The number of likely N-dealkylation sites (tertiary alicyclic amines) is 1. The number of aliphatic hydroxyl groups is 1. The smallest absolute Gasteiger partial charge is 0.410 e. The molecule has 1 aliphatic carbocycles. The predicted molar refractivity (Wildman–Crippen MR) is 79.0 cm³/mol. The Morgan fingerprint density at radius 1 is 1.38 bits per heavy atom. The second-order valence-electron chi connectivity index (χ2n) is 7.72. The molecule has 5 heteroatoms. The molecule has 1 N–H and O–H groups in total. The normalized spacial score (nSPS) is 30.4. The Balaban J connectivity index is 2.18. The van der Waals surface area contributed by atoms with Crippen molar-refractivity contribution >= 4 is 11.9 Å². The fraction of sp³-hybridized carbons (Fsp3) is 0.750. The van der Waals surface area contributed by atoms with Crippen LogP contribution in [-0.2, 0) is 9.53 Å². The van der Waals surface area contributed by atoms with E-state index >= 15 is 0 Å². The molecule has 1 amide bonds. The fourth-order valence-electron chi connectivity index (χ4n) is 3.42. The number of hydrogen-bond acceptors (Lipinski definition) is 4. The van der Waals surface area contributed by atoms with Crippen molar-refractivity contribution in [2.24, 2.45) is 10.8 Å². The van der Waals surface area contributed by atoms with E-state index in [0.29, 0.717) is 25.1 Å². The molecule has 21 heavy (non-hydrogen) atoms. The zero-order valence-corrected chi connectivity index (χ0v) is 13.5. The predicted octanol–water partition coefficient (Wildman–Crippen LogP) is 3.05. The Labute approximate surface area is 126 Å². The zero-order valence-electron chi connectivity index (χ0n) is 13.5. The van der Waals surface area contributed by atoms with Gasteiger partial charge in [0.2, 0.25) is 0 Å². The third-order valence-corrected chi connectivity index (χ3v) is 4.88. The third kappa shape index (κ3) is 2.54. The first-order chi connectivity index (χ1) is 9.52. The van der Waals surface area contributed by atoms with Gasteiger partial charge in [-0.2, -0.15) is 0 Å². The van der Waals surface area contributed by atoms with E-state index in [1.54, 1.807) is 4.90 Å². The lowest BCUT2D eigenvalue weighted by molar-refractivity contribution is -0.125. The largest absolute Gasteiger partial charge is 0.515 e. The van der Waals surface area contributed by atoms with Gasteiger partial charge in [0, 0.05) is 29.5 Å². The summed E-state index contributed by atoms with van der Waals surface area (Å²) >= 11 is 0. The van der Waals surface area contributed by atoms with Gasteiger partial charge in [0.05, 0.1) is 6.26 Å². The molecule has 0 bridgehead atoms. The maximum Gasteiger partial charge on any atom is 0.410 e. The van der Waals surface area contributed by atoms with E-state index in [0.717, 1.165) is 12.7 Å². The minimum absolute atomic E-state index is 0.0176. The maximum absolute atomic E-state index is 12.4. The van der Waals surface area contributed by atoms with Crippen LogP contribution in [-0.4, -0.2) is 40.6 Å². The molecule has 118 valence electrons. The van der Waals surface area contributed by atoms with E-state index in [1.165, 1.54) is 0 Å². The second-order valence-corrected chi connectivity index (χ2v) is 7.72. The number of amides is 1. The van der Waals surface area contributed by atoms with Crippen LogP contribution in [0.2, 0.25) is 0 Å². The topological polar surface area (TPSA) is 66.8 Å². The van der Waals surface area contributed by atoms with Crippen LogP contribution in [0.5, 0.6) is 0 Å². The number of ether oxygens (including phenoxy) is 1. The molecule has 0 aromatic heterocycles. The highest BCUT2D eigenvalue weighted by molar-refractivity contribution is 6.02. The highest BCUT2D eigenvalue weighted by Gasteiger charge is 2.59. The summed E-state index contributed by atoms with van der Waals surface area (Å²) in [6.07, 6.45) is 1.87. The Bertz CT molecular complexity index is 501. The van der Waals surface area contributed by atoms with Crippen molar-refractivity contribution in [3.05, 3.63) is 11.8 Å². The number of ketones is 1. The number of Topliss-reactive ketones (excluding diaryl/α,β-unsaturated/α-hetero) is 1. The first-order valence-corrected chi connectivity index (χ1v) is 7.38. The minimum Gasteiger partial charge on any atom is -0.515 e. The van der Waals surface area contributed by atoms with Gasteiger partial charge in [-0.15, -0.1) is 0 Å². The van der Waals surface area contributed by atoms with Crippen LogP contribution in [0.3, 0.4) is 0 Å². The number of hydrogen-bond donors (Lipinski definition) is 1. The average Bonchev–Trinajstić information content (AvgIpc) is 2.85. The van der Waals surface area contributed by atoms with Crippen LogP contribution in [0.4, 0.5) is 4.79 Å². The van der Waals surface area contributed by atoms with Gasteiger partial charge in [-0.05, 0) is 33.6 Å². The van der Waals surface area contributed by atoms with Gasteiger partial charge in [0.1, 0.15) is 5.60 Å². The highest BCUT2D eigenvalue weighted by atomic mass is 16.6. The summed E-state index contributed by atoms with van der Waals surface area (Å²) in [6, 6.07) is 0. The molecule has 2 rings (SSSR count). The van der Waals surface area contributed by atoms with Gasteiger partial charge in [-0.1, -0.05) is 13.8 Å². The molecular formula is C16H25NO4. The van der Waals surface area contributed by atoms with Crippen LogP contribution in [0.15, 0.2) is 11.8 Å². The van der Waals surface area contributed by atoms with Crippen molar-refractivity contribution < 1.29 is 19.4 Å². The Morgan fingerprint density at radius 3 is 2.48 bits per heavy atom. The molecule has 1 saturated heterocycles. The molecule has 1 heterocycles. The molecule has 1 saturated carbocycles. The van der Waals surface area contributed by atoms with Crippen molar-refractivity contribution in [3.63, 3.8) is 0 Å². The highest BCUT2D eigenvalue weighted by Crippen LogP contribution is 2.57. The number of allylic oxidation sites excluding steroid dienone is 1. The third-order valence-electron chi connectivity index (χ3n) is 4.88. The molecule has 1 atom stereocenters. The van der Waals surface area contributed by atoms with Crippen molar-refractivity contribution in [2.45, 2.75) is 53.1 Å². The average molecular weight is 295 g/mol. The maximum atomic E-state index is 12.4. The summed E-state index contributed by atoms with van der Waals surface area (Å²) in [5.41, 5.74) is -0.927. The lowest BCUT2D eigenvalue weighted by Gasteiger charge is -2.36. The summed E-state index contributed by atoms with van der Waals surface area (Å²) in [5.74, 6) is -0.0176. The Morgan fingerprint density at radius 2 is 2.00 bits per heavy atom. The Hall–Kier alpha value is -1.52. The molecule has 2 aliphatic rings. The molecular weight excluding hydrogens is 270 g/mol. The van der Waals surface area contributed by atoms with Crippen LogP contribution < -0.4 is 0 Å². The first kappa shape index (κ1) is 15.9. The second kappa shape index (κ2) is 4.75. The zero-order chi connectivity index (χ0) is 16.1. The van der Waals surface area contributed by atoms with E-state index in [4.69, 9.17) is 4.74 Å². The van der Waals surface area contributed by atoms with E-state index in [9.17, 15) is 14.7 Å². The number of carbonyl (C=O) groups is 2. The van der Waals surface area contributed by atoms with Gasteiger partial charge in [0.15, 0.2) is 5.78 Å². The van der Waals surface area contributed by atoms with Crippen LogP contribution >= 0.6 is 0 Å². The van der Waals surface area contributed by atoms with Gasteiger partial charge >= 0.3 is 6.09 Å². The van der Waals surface area contributed by atoms with Crippen LogP contribution in [0, 0.1) is 10.8 Å². The van der Waals surface area contributed by atoms with Gasteiger partial charge < -0.3 is 14.7 Å². The molecule has 1 unspecified atom stereocenters. The number of aliphatic hydroxyl groups excluding tert-OH is 1. The summed E-state index contributed by atoms with van der Waals surface area (Å²) in [6.45, 7) is 10.4. The van der Waals surface area contributed by atoms with E-state index in [-0.39, 0.29) is 17.3 Å². The molecule has 2 fully saturated rings. The van der Waals surface area contributed by atoms with Crippen molar-refractivity contribution in [1.82, 2.24) is 4.90 Å². The number of nitrogens with zero attached hydrogens (tertiary/aromatic N) is 1. The minimum atomic E-state index is -0.571. The van der Waals surface area contributed by atoms with E-state index < -0.39 is 11.0 Å². The lowest BCUT2D eigenvalue weighted by Crippen LogP contribution is -2.41. The van der Waals surface area contributed by atoms with Crippen LogP contribution in [0.1, 0.15) is 47.5 Å². The van der Waals surface area contributed by atoms with Crippen LogP contribution in [0.25, 0.3) is 0 Å². The molecule has 1 spiro atoms. The summed E-state index contributed by atoms with van der Waals surface area (Å²) < 4.78 is 5.41. The fourth-order valence-corrected chi connectivity index (χ4v) is 3.42. The molecule has 0 aromatic carbocycles. The summed E-state index contributed by atoms with van der Waals surface area (Å²) in [4.78, 5) is 26.2. The van der Waals surface area contributed by atoms with Crippen molar-refractivity contribution in [2.75, 3.05) is 13.1 Å². The lowest BCUT2D eigenvalue weighted by atomic mass is 9.67. The molecule has 0 aromatic rings. The molecule has 0 radical (unpaired) electrons. The van der Waals surface area contributed by atoms with Crippen molar-refractivity contribution in [1.29, 1.82) is 0 Å². The number of rotatable bonds is 0. The standard InChI is InChI=1S/C16H25NO4/c1-14(2,3)21-13(20)17-7-6-16(10-17)8-11(9-18)12(19)15(16,4)5/h9,18H,6-8,10H2,1-5H3. The molecule has 5 nitrogen and oxygen atoms in total. The van der Waals surface area contributed by atoms with Gasteiger partial charge in [-0.3, -0.25) is 4.79 Å². The summed E-state index contributed by atoms with van der Waals surface area (Å²) in [5, 5.41) is 9.25. The Kier molecular flexibility index (Phi) is 3.59. The SMILES string of the molecule is CC(C)(C)OC(=O)N1CCC2(CC(=CO)C(=O)C2(C)C)C1. The quantitative estimate of drug-likeness (QED) is 0.551. The van der Waals surface area contributed by atoms with E-state index in [1.807, 2.05) is 34.6 Å². The summed E-state index contributed by atoms with van der Waals surface area (Å²) in [7, 11) is 0. The van der Waals surface area contributed by atoms with Gasteiger partial charge in [-0.25, -0.2) is 4.79 Å². The number of carbonyl (C=O) groups excluding carboxylic acids is 2. The van der Waals surface area contributed by atoms with Crippen molar-refractivity contribution in [3.8, 4) is 0 Å². The first-order valence-electron chi connectivity index (χ1n) is 7.38. The molecule has 1 aliphatic heterocycles. The van der Waals surface area contributed by atoms with E-state index in [2.05, 4.69) is 0 Å². The van der Waals surface area contributed by atoms with Gasteiger partial charge in [0.25, 0.3) is 0 Å².